The molecule has 1 N–H and O–H groups in total. The molecule has 112 valence electrons. The highest BCUT2D eigenvalue weighted by molar-refractivity contribution is 5.91. The first-order valence-electron chi connectivity index (χ1n) is 7.35. The Kier molecular flexibility index (Phi) is 4.62. The largest absolute Gasteiger partial charge is 0.480 e. The van der Waals surface area contributed by atoms with Gasteiger partial charge in [0.05, 0.1) is 5.92 Å². The third-order valence-corrected chi connectivity index (χ3v) is 4.27. The van der Waals surface area contributed by atoms with Crippen molar-refractivity contribution in [1.82, 2.24) is 9.80 Å². The number of hydrogen-bond donors (Lipinski definition) is 1. The lowest BCUT2D eigenvalue weighted by atomic mass is 10.0. The van der Waals surface area contributed by atoms with Crippen LogP contribution in [0.25, 0.3) is 0 Å². The highest BCUT2D eigenvalue weighted by atomic mass is 16.4. The van der Waals surface area contributed by atoms with E-state index in [4.69, 9.17) is 0 Å². The minimum Gasteiger partial charge on any atom is -0.480 e. The van der Waals surface area contributed by atoms with Gasteiger partial charge in [-0.3, -0.25) is 9.59 Å². The molecule has 2 saturated heterocycles. The molecule has 2 aliphatic heterocycles. The van der Waals surface area contributed by atoms with Crippen LogP contribution in [0.4, 0.5) is 0 Å². The van der Waals surface area contributed by atoms with Crippen molar-refractivity contribution < 1.29 is 19.5 Å². The van der Waals surface area contributed by atoms with Crippen LogP contribution in [-0.2, 0) is 14.4 Å². The second-order valence-electron chi connectivity index (χ2n) is 5.57. The van der Waals surface area contributed by atoms with Gasteiger partial charge < -0.3 is 14.9 Å². The average Bonchev–Trinajstić information content (AvgIpc) is 2.64. The van der Waals surface area contributed by atoms with Gasteiger partial charge in [-0.2, -0.15) is 0 Å². The molecule has 0 aromatic heterocycles. The van der Waals surface area contributed by atoms with Gasteiger partial charge in [-0.15, -0.1) is 0 Å². The number of hydrogen-bond acceptors (Lipinski definition) is 3. The lowest BCUT2D eigenvalue weighted by Gasteiger charge is -2.29. The van der Waals surface area contributed by atoms with Gasteiger partial charge in [-0.05, 0) is 19.8 Å². The lowest BCUT2D eigenvalue weighted by Crippen LogP contribution is -2.47. The predicted octanol–water partition coefficient (Wildman–Crippen LogP) is 0.711. The molecule has 2 atom stereocenters. The summed E-state index contributed by atoms with van der Waals surface area (Å²) in [5.74, 6) is -1.48. The van der Waals surface area contributed by atoms with Crippen LogP contribution < -0.4 is 0 Å². The van der Waals surface area contributed by atoms with Gasteiger partial charge in [0.1, 0.15) is 6.04 Å². The minimum atomic E-state index is -0.933. The Balaban J connectivity index is 2.09. The predicted molar refractivity (Wildman–Crippen MR) is 72.0 cm³/mol. The summed E-state index contributed by atoms with van der Waals surface area (Å²) in [5, 5.41) is 9.30. The Morgan fingerprint density at radius 1 is 1.30 bits per heavy atom. The maximum Gasteiger partial charge on any atom is 0.326 e. The van der Waals surface area contributed by atoms with E-state index in [1.54, 1.807) is 4.90 Å². The standard InChI is InChI=1S/C14H22N2O4/c1-2-15-9-10(8-12(15)17)13(18)16-7-5-3-4-6-11(16)14(19)20/h10-11H,2-9H2,1H3,(H,19,20). The molecule has 2 amide bonds. The fraction of sp³-hybridized carbons (Fsp3) is 0.786. The molecule has 20 heavy (non-hydrogen) atoms. The smallest absolute Gasteiger partial charge is 0.326 e. The first-order valence-corrected chi connectivity index (χ1v) is 7.35. The average molecular weight is 282 g/mol. The Morgan fingerprint density at radius 3 is 2.65 bits per heavy atom. The van der Waals surface area contributed by atoms with Crippen molar-refractivity contribution in [2.24, 2.45) is 5.92 Å². The molecule has 0 saturated carbocycles. The summed E-state index contributed by atoms with van der Waals surface area (Å²) in [7, 11) is 0. The van der Waals surface area contributed by atoms with Crippen LogP contribution in [0.1, 0.15) is 39.0 Å². The van der Waals surface area contributed by atoms with Crippen LogP contribution in [-0.4, -0.2) is 58.4 Å². The molecule has 2 rings (SSSR count). The molecule has 2 heterocycles. The molecule has 0 bridgehead atoms. The van der Waals surface area contributed by atoms with Crippen molar-refractivity contribution in [3.8, 4) is 0 Å². The van der Waals surface area contributed by atoms with Gasteiger partial charge in [0.15, 0.2) is 0 Å². The molecule has 0 aromatic carbocycles. The molecule has 0 spiro atoms. The fourth-order valence-electron chi connectivity index (χ4n) is 3.11. The number of carbonyl (C=O) groups is 3. The van der Waals surface area contributed by atoms with Crippen LogP contribution in [0.3, 0.4) is 0 Å². The highest BCUT2D eigenvalue weighted by Crippen LogP contribution is 2.24. The number of carboxylic acid groups (broad SMARTS) is 1. The highest BCUT2D eigenvalue weighted by Gasteiger charge is 2.39. The van der Waals surface area contributed by atoms with E-state index in [9.17, 15) is 19.5 Å². The number of aliphatic carboxylic acids is 1. The van der Waals surface area contributed by atoms with E-state index >= 15 is 0 Å². The summed E-state index contributed by atoms with van der Waals surface area (Å²) in [6.45, 7) is 3.41. The molecule has 0 aromatic rings. The topological polar surface area (TPSA) is 77.9 Å². The number of rotatable bonds is 3. The van der Waals surface area contributed by atoms with E-state index in [0.29, 0.717) is 26.1 Å². The van der Waals surface area contributed by atoms with Gasteiger partial charge in [-0.25, -0.2) is 4.79 Å². The van der Waals surface area contributed by atoms with E-state index in [1.165, 1.54) is 4.90 Å². The Morgan fingerprint density at radius 2 is 2.05 bits per heavy atom. The van der Waals surface area contributed by atoms with E-state index in [2.05, 4.69) is 0 Å². The van der Waals surface area contributed by atoms with Crippen molar-refractivity contribution in [3.63, 3.8) is 0 Å². The van der Waals surface area contributed by atoms with Crippen molar-refractivity contribution in [3.05, 3.63) is 0 Å². The van der Waals surface area contributed by atoms with Crippen LogP contribution in [0, 0.1) is 5.92 Å². The summed E-state index contributed by atoms with van der Waals surface area (Å²) in [4.78, 5) is 38.8. The Bertz CT molecular complexity index is 410. The maximum atomic E-state index is 12.6. The van der Waals surface area contributed by atoms with E-state index in [1.807, 2.05) is 6.92 Å². The number of nitrogens with zero attached hydrogens (tertiary/aromatic N) is 2. The zero-order valence-corrected chi connectivity index (χ0v) is 11.9. The Hall–Kier alpha value is -1.59. The zero-order valence-electron chi connectivity index (χ0n) is 11.9. The normalized spacial score (nSPS) is 27.6. The first-order chi connectivity index (χ1) is 9.54. The van der Waals surface area contributed by atoms with Crippen molar-refractivity contribution >= 4 is 17.8 Å². The van der Waals surface area contributed by atoms with Crippen LogP contribution in [0.15, 0.2) is 0 Å². The maximum absolute atomic E-state index is 12.6. The van der Waals surface area contributed by atoms with Crippen LogP contribution in [0.5, 0.6) is 0 Å². The monoisotopic (exact) mass is 282 g/mol. The minimum absolute atomic E-state index is 0.00690. The number of carboxylic acids is 1. The van der Waals surface area contributed by atoms with Crippen molar-refractivity contribution in [2.45, 2.75) is 45.1 Å². The van der Waals surface area contributed by atoms with Crippen molar-refractivity contribution in [2.75, 3.05) is 19.6 Å². The quantitative estimate of drug-likeness (QED) is 0.827. The molecular formula is C14H22N2O4. The second-order valence-corrected chi connectivity index (χ2v) is 5.57. The molecule has 6 nitrogen and oxygen atoms in total. The first kappa shape index (κ1) is 14.8. The molecule has 6 heteroatoms. The van der Waals surface area contributed by atoms with Crippen molar-refractivity contribution in [1.29, 1.82) is 0 Å². The van der Waals surface area contributed by atoms with Gasteiger partial charge in [0.2, 0.25) is 11.8 Å². The molecule has 2 aliphatic rings. The van der Waals surface area contributed by atoms with Gasteiger partial charge in [-0.1, -0.05) is 12.8 Å². The third kappa shape index (κ3) is 2.94. The fourth-order valence-corrected chi connectivity index (χ4v) is 3.11. The summed E-state index contributed by atoms with van der Waals surface area (Å²) in [5.41, 5.74) is 0. The van der Waals surface area contributed by atoms with E-state index < -0.39 is 12.0 Å². The molecule has 0 radical (unpaired) electrons. The Labute approximate surface area is 118 Å². The third-order valence-electron chi connectivity index (χ3n) is 4.27. The van der Waals surface area contributed by atoms with Crippen LogP contribution >= 0.6 is 0 Å². The molecule has 2 fully saturated rings. The van der Waals surface area contributed by atoms with Crippen LogP contribution in [0.2, 0.25) is 0 Å². The summed E-state index contributed by atoms with van der Waals surface area (Å²) >= 11 is 0. The number of likely N-dealkylation sites (tertiary alicyclic amines) is 2. The molecular weight excluding hydrogens is 260 g/mol. The van der Waals surface area contributed by atoms with E-state index in [0.717, 1.165) is 19.3 Å². The summed E-state index contributed by atoms with van der Waals surface area (Å²) < 4.78 is 0. The number of amides is 2. The second kappa shape index (κ2) is 6.24. The summed E-state index contributed by atoms with van der Waals surface area (Å²) in [6.07, 6.45) is 3.37. The zero-order chi connectivity index (χ0) is 14.7. The number of carbonyl (C=O) groups excluding carboxylic acids is 2. The van der Waals surface area contributed by atoms with Gasteiger partial charge >= 0.3 is 5.97 Å². The van der Waals surface area contributed by atoms with Gasteiger partial charge in [0, 0.05) is 26.1 Å². The van der Waals surface area contributed by atoms with E-state index in [-0.39, 0.29) is 24.2 Å². The molecule has 0 aliphatic carbocycles. The summed E-state index contributed by atoms with van der Waals surface area (Å²) in [6, 6.07) is -0.726. The lowest BCUT2D eigenvalue weighted by molar-refractivity contribution is -0.151. The van der Waals surface area contributed by atoms with Gasteiger partial charge in [0.25, 0.3) is 0 Å². The molecule has 2 unspecified atom stereocenters. The SMILES string of the molecule is CCN1CC(C(=O)N2CCCCCC2C(=O)O)CC1=O.